The maximum atomic E-state index is 5.15. The Morgan fingerprint density at radius 2 is 2.37 bits per heavy atom. The SMILES string of the molecule is COCCn1cncc1-c1cccc2c1NCCC2. The molecule has 2 aromatic rings. The number of hydrogen-bond donors (Lipinski definition) is 1. The average molecular weight is 257 g/mol. The molecule has 0 saturated heterocycles. The van der Waals surface area contributed by atoms with Crippen LogP contribution >= 0.6 is 0 Å². The topological polar surface area (TPSA) is 39.1 Å². The van der Waals surface area contributed by atoms with Gasteiger partial charge in [0.05, 0.1) is 24.8 Å². The summed E-state index contributed by atoms with van der Waals surface area (Å²) in [7, 11) is 1.72. The van der Waals surface area contributed by atoms with Crippen LogP contribution in [0.2, 0.25) is 0 Å². The van der Waals surface area contributed by atoms with E-state index in [0.29, 0.717) is 6.61 Å². The Morgan fingerprint density at radius 1 is 1.42 bits per heavy atom. The van der Waals surface area contributed by atoms with E-state index in [1.807, 2.05) is 12.5 Å². The molecular weight excluding hydrogens is 238 g/mol. The van der Waals surface area contributed by atoms with Gasteiger partial charge in [-0.1, -0.05) is 18.2 Å². The highest BCUT2D eigenvalue weighted by Gasteiger charge is 2.15. The summed E-state index contributed by atoms with van der Waals surface area (Å²) in [5, 5.41) is 3.53. The van der Waals surface area contributed by atoms with Gasteiger partial charge in [-0.3, -0.25) is 0 Å². The molecule has 1 aromatic heterocycles. The molecular formula is C15H19N3O. The zero-order chi connectivity index (χ0) is 13.1. The van der Waals surface area contributed by atoms with Crippen LogP contribution in [-0.2, 0) is 17.7 Å². The summed E-state index contributed by atoms with van der Waals surface area (Å²) in [6.07, 6.45) is 6.17. The number of aryl methyl sites for hydroxylation is 1. The molecule has 2 heterocycles. The summed E-state index contributed by atoms with van der Waals surface area (Å²) in [5.74, 6) is 0. The first-order valence-corrected chi connectivity index (χ1v) is 6.75. The van der Waals surface area contributed by atoms with Crippen LogP contribution in [0, 0.1) is 0 Å². The van der Waals surface area contributed by atoms with E-state index in [-0.39, 0.29) is 0 Å². The molecule has 1 aliphatic heterocycles. The molecule has 100 valence electrons. The third-order valence-electron chi connectivity index (χ3n) is 3.60. The molecule has 3 rings (SSSR count). The molecule has 4 nitrogen and oxygen atoms in total. The molecule has 4 heteroatoms. The van der Waals surface area contributed by atoms with E-state index in [4.69, 9.17) is 4.74 Å². The van der Waals surface area contributed by atoms with Gasteiger partial charge >= 0.3 is 0 Å². The lowest BCUT2D eigenvalue weighted by Gasteiger charge is -2.21. The summed E-state index contributed by atoms with van der Waals surface area (Å²) in [5.41, 5.74) is 5.07. The molecule has 0 fully saturated rings. The number of benzene rings is 1. The smallest absolute Gasteiger partial charge is 0.0951 e. The van der Waals surface area contributed by atoms with Crippen molar-refractivity contribution in [2.24, 2.45) is 0 Å². The minimum absolute atomic E-state index is 0.700. The highest BCUT2D eigenvalue weighted by Crippen LogP contribution is 2.33. The van der Waals surface area contributed by atoms with Crippen molar-refractivity contribution in [3.8, 4) is 11.3 Å². The van der Waals surface area contributed by atoms with Crippen LogP contribution in [0.4, 0.5) is 5.69 Å². The largest absolute Gasteiger partial charge is 0.384 e. The molecule has 0 saturated carbocycles. The Labute approximate surface area is 113 Å². The van der Waals surface area contributed by atoms with Crippen molar-refractivity contribution in [1.29, 1.82) is 0 Å². The lowest BCUT2D eigenvalue weighted by molar-refractivity contribution is 0.187. The number of rotatable bonds is 4. The number of fused-ring (bicyclic) bond motifs is 1. The summed E-state index contributed by atoms with van der Waals surface area (Å²) in [6, 6.07) is 6.51. The van der Waals surface area contributed by atoms with Crippen molar-refractivity contribution < 1.29 is 4.74 Å². The monoisotopic (exact) mass is 257 g/mol. The van der Waals surface area contributed by atoms with Gasteiger partial charge in [0.25, 0.3) is 0 Å². The molecule has 1 aliphatic rings. The van der Waals surface area contributed by atoms with E-state index >= 15 is 0 Å². The average Bonchev–Trinajstić information content (AvgIpc) is 2.92. The van der Waals surface area contributed by atoms with Crippen LogP contribution in [0.5, 0.6) is 0 Å². The summed E-state index contributed by atoms with van der Waals surface area (Å²) < 4.78 is 7.30. The van der Waals surface area contributed by atoms with Gasteiger partial charge in [0.1, 0.15) is 0 Å². The highest BCUT2D eigenvalue weighted by molar-refractivity contribution is 5.78. The Hall–Kier alpha value is -1.81. The molecule has 0 spiro atoms. The number of aromatic nitrogens is 2. The normalized spacial score (nSPS) is 13.9. The molecule has 0 amide bonds. The second-order valence-corrected chi connectivity index (χ2v) is 4.84. The van der Waals surface area contributed by atoms with E-state index < -0.39 is 0 Å². The number of para-hydroxylation sites is 1. The molecule has 1 aromatic carbocycles. The maximum Gasteiger partial charge on any atom is 0.0951 e. The lowest BCUT2D eigenvalue weighted by atomic mass is 9.98. The number of nitrogens with one attached hydrogen (secondary N) is 1. The zero-order valence-corrected chi connectivity index (χ0v) is 11.2. The van der Waals surface area contributed by atoms with Crippen molar-refractivity contribution in [3.05, 3.63) is 36.3 Å². The third kappa shape index (κ3) is 2.36. The second-order valence-electron chi connectivity index (χ2n) is 4.84. The number of imidazole rings is 1. The first-order valence-electron chi connectivity index (χ1n) is 6.75. The van der Waals surface area contributed by atoms with Crippen molar-refractivity contribution >= 4 is 5.69 Å². The maximum absolute atomic E-state index is 5.15. The highest BCUT2D eigenvalue weighted by atomic mass is 16.5. The van der Waals surface area contributed by atoms with Gasteiger partial charge in [0.15, 0.2) is 0 Å². The summed E-state index contributed by atoms with van der Waals surface area (Å²) in [6.45, 7) is 2.58. The Bertz CT molecular complexity index is 562. The predicted molar refractivity (Wildman–Crippen MR) is 76.3 cm³/mol. The van der Waals surface area contributed by atoms with E-state index in [9.17, 15) is 0 Å². The van der Waals surface area contributed by atoms with Crippen LogP contribution in [-0.4, -0.2) is 29.8 Å². The van der Waals surface area contributed by atoms with Gasteiger partial charge in [-0.2, -0.15) is 0 Å². The van der Waals surface area contributed by atoms with Crippen LogP contribution in [0.1, 0.15) is 12.0 Å². The minimum atomic E-state index is 0.700. The van der Waals surface area contributed by atoms with Gasteiger partial charge in [-0.25, -0.2) is 4.98 Å². The van der Waals surface area contributed by atoms with E-state index in [1.165, 1.54) is 23.2 Å². The quantitative estimate of drug-likeness (QED) is 0.915. The van der Waals surface area contributed by atoms with E-state index in [2.05, 4.69) is 33.1 Å². The zero-order valence-electron chi connectivity index (χ0n) is 11.2. The Kier molecular flexibility index (Phi) is 3.51. The van der Waals surface area contributed by atoms with E-state index in [1.54, 1.807) is 7.11 Å². The summed E-state index contributed by atoms with van der Waals surface area (Å²) in [4.78, 5) is 4.28. The Morgan fingerprint density at radius 3 is 3.26 bits per heavy atom. The third-order valence-corrected chi connectivity index (χ3v) is 3.60. The molecule has 1 N–H and O–H groups in total. The predicted octanol–water partition coefficient (Wildman–Crippen LogP) is 2.55. The van der Waals surface area contributed by atoms with Gasteiger partial charge < -0.3 is 14.6 Å². The first kappa shape index (κ1) is 12.2. The summed E-state index contributed by atoms with van der Waals surface area (Å²) >= 11 is 0. The minimum Gasteiger partial charge on any atom is -0.384 e. The molecule has 0 bridgehead atoms. The van der Waals surface area contributed by atoms with Gasteiger partial charge in [0, 0.05) is 31.5 Å². The van der Waals surface area contributed by atoms with Crippen molar-refractivity contribution in [2.45, 2.75) is 19.4 Å². The Balaban J connectivity index is 2.00. The fourth-order valence-electron chi connectivity index (χ4n) is 2.64. The number of nitrogens with zero attached hydrogens (tertiary/aromatic N) is 2. The first-order chi connectivity index (χ1) is 9.40. The van der Waals surface area contributed by atoms with E-state index in [0.717, 1.165) is 25.2 Å². The molecule has 0 unspecified atom stereocenters. The van der Waals surface area contributed by atoms with Crippen LogP contribution < -0.4 is 5.32 Å². The fraction of sp³-hybridized carbons (Fsp3) is 0.400. The molecule has 19 heavy (non-hydrogen) atoms. The van der Waals surface area contributed by atoms with Crippen LogP contribution in [0.15, 0.2) is 30.7 Å². The van der Waals surface area contributed by atoms with Crippen LogP contribution in [0.25, 0.3) is 11.3 Å². The number of ether oxygens (including phenoxy) is 1. The molecule has 0 atom stereocenters. The lowest BCUT2D eigenvalue weighted by Crippen LogP contribution is -2.13. The van der Waals surface area contributed by atoms with Gasteiger partial charge in [-0.15, -0.1) is 0 Å². The molecule has 0 radical (unpaired) electrons. The molecule has 0 aliphatic carbocycles. The number of methoxy groups -OCH3 is 1. The second kappa shape index (κ2) is 5.45. The number of hydrogen-bond acceptors (Lipinski definition) is 3. The number of anilines is 1. The fourth-order valence-corrected chi connectivity index (χ4v) is 2.64. The standard InChI is InChI=1S/C15H19N3O/c1-19-9-8-18-11-16-10-14(18)13-6-2-4-12-5-3-7-17-15(12)13/h2,4,6,10-11,17H,3,5,7-9H2,1H3. The van der Waals surface area contributed by atoms with Gasteiger partial charge in [-0.05, 0) is 18.4 Å². The van der Waals surface area contributed by atoms with Gasteiger partial charge in [0.2, 0.25) is 0 Å². The van der Waals surface area contributed by atoms with Crippen molar-refractivity contribution in [1.82, 2.24) is 9.55 Å². The van der Waals surface area contributed by atoms with Crippen molar-refractivity contribution in [2.75, 3.05) is 25.6 Å². The van der Waals surface area contributed by atoms with Crippen LogP contribution in [0.3, 0.4) is 0 Å². The van der Waals surface area contributed by atoms with Crippen molar-refractivity contribution in [3.63, 3.8) is 0 Å².